The van der Waals surface area contributed by atoms with Crippen molar-refractivity contribution in [3.63, 3.8) is 0 Å². The van der Waals surface area contributed by atoms with Crippen LogP contribution in [0.1, 0.15) is 31.4 Å². The molecular formula is C25H27NO6S2. The first-order valence-corrected chi connectivity index (χ1v) is 12.5. The minimum atomic E-state index is -0.00753. The maximum absolute atomic E-state index is 13.2. The molecule has 3 unspecified atom stereocenters. The monoisotopic (exact) mass is 501 g/mol. The van der Waals surface area contributed by atoms with Crippen LogP contribution in [0.15, 0.2) is 33.6 Å². The van der Waals surface area contributed by atoms with Gasteiger partial charge in [0, 0.05) is 24.8 Å². The molecule has 2 saturated carbocycles. The molecule has 1 aliphatic heterocycles. The van der Waals surface area contributed by atoms with Crippen LogP contribution in [0.2, 0.25) is 0 Å². The Bertz CT molecular complexity index is 1140. The molecule has 2 heterocycles. The van der Waals surface area contributed by atoms with Crippen LogP contribution in [-0.4, -0.2) is 49.3 Å². The van der Waals surface area contributed by atoms with Crippen LogP contribution in [-0.2, 0) is 9.53 Å². The van der Waals surface area contributed by atoms with Gasteiger partial charge in [-0.25, -0.2) is 0 Å². The summed E-state index contributed by atoms with van der Waals surface area (Å²) in [5.41, 5.74) is 0.748. The first-order chi connectivity index (χ1) is 16.5. The summed E-state index contributed by atoms with van der Waals surface area (Å²) in [6.45, 7) is 0.0663. The van der Waals surface area contributed by atoms with E-state index in [4.69, 9.17) is 35.6 Å². The summed E-state index contributed by atoms with van der Waals surface area (Å²) < 4.78 is 28.3. The van der Waals surface area contributed by atoms with Crippen LogP contribution in [0.4, 0.5) is 0 Å². The number of furan rings is 1. The van der Waals surface area contributed by atoms with Crippen LogP contribution in [0, 0.1) is 11.8 Å². The predicted octanol–water partition coefficient (Wildman–Crippen LogP) is 5.34. The Hall–Kier alpha value is -2.49. The lowest BCUT2D eigenvalue weighted by molar-refractivity contribution is -0.124. The van der Waals surface area contributed by atoms with Crippen molar-refractivity contribution < 1.29 is 28.2 Å². The number of carbonyl (C=O) groups excluding carboxylic acids is 1. The summed E-state index contributed by atoms with van der Waals surface area (Å²) in [5, 5.41) is 0. The molecule has 3 aliphatic rings. The van der Waals surface area contributed by atoms with Crippen molar-refractivity contribution in [2.24, 2.45) is 11.8 Å². The van der Waals surface area contributed by atoms with Gasteiger partial charge in [0.25, 0.3) is 5.91 Å². The molecule has 5 rings (SSSR count). The highest BCUT2D eigenvalue weighted by Crippen LogP contribution is 2.49. The summed E-state index contributed by atoms with van der Waals surface area (Å²) in [5.74, 6) is 3.97. The lowest BCUT2D eigenvalue weighted by Crippen LogP contribution is -2.41. The van der Waals surface area contributed by atoms with Gasteiger partial charge in [0.05, 0.1) is 19.1 Å². The van der Waals surface area contributed by atoms with E-state index in [2.05, 4.69) is 0 Å². The van der Waals surface area contributed by atoms with Gasteiger partial charge in [-0.05, 0) is 55.4 Å². The molecule has 34 heavy (non-hydrogen) atoms. The van der Waals surface area contributed by atoms with Crippen LogP contribution in [0.3, 0.4) is 0 Å². The lowest BCUT2D eigenvalue weighted by Gasteiger charge is -2.30. The Labute approximate surface area is 208 Å². The highest BCUT2D eigenvalue weighted by atomic mass is 32.2. The van der Waals surface area contributed by atoms with Crippen molar-refractivity contribution in [1.82, 2.24) is 4.90 Å². The summed E-state index contributed by atoms with van der Waals surface area (Å²) in [4.78, 5) is 15.7. The Balaban J connectivity index is 1.39. The fourth-order valence-corrected chi connectivity index (χ4v) is 6.66. The Kier molecular flexibility index (Phi) is 6.59. The molecule has 3 fully saturated rings. The third kappa shape index (κ3) is 4.21. The average molecular weight is 502 g/mol. The molecular weight excluding hydrogens is 474 g/mol. The maximum atomic E-state index is 13.2. The van der Waals surface area contributed by atoms with Crippen molar-refractivity contribution in [3.05, 3.63) is 34.9 Å². The zero-order chi connectivity index (χ0) is 23.8. The molecule has 0 spiro atoms. The second kappa shape index (κ2) is 9.64. The largest absolute Gasteiger partial charge is 0.493 e. The van der Waals surface area contributed by atoms with E-state index in [1.807, 2.05) is 23.1 Å². The maximum Gasteiger partial charge on any atom is 0.266 e. The van der Waals surface area contributed by atoms with Gasteiger partial charge in [0.2, 0.25) is 5.75 Å². The third-order valence-corrected chi connectivity index (χ3v) is 8.15. The van der Waals surface area contributed by atoms with Gasteiger partial charge in [0.15, 0.2) is 18.3 Å². The van der Waals surface area contributed by atoms with Gasteiger partial charge < -0.3 is 23.4 Å². The number of benzene rings is 1. The zero-order valence-electron chi connectivity index (χ0n) is 19.4. The first-order valence-electron chi connectivity index (χ1n) is 11.3. The number of nitrogens with zero attached hydrogens (tertiary/aromatic N) is 1. The quantitative estimate of drug-likeness (QED) is 0.273. The summed E-state index contributed by atoms with van der Waals surface area (Å²) in [6.07, 6.45) is 6.56. The van der Waals surface area contributed by atoms with Gasteiger partial charge in [-0.3, -0.25) is 9.69 Å². The smallest absolute Gasteiger partial charge is 0.266 e. The Morgan fingerprint density at radius 2 is 1.97 bits per heavy atom. The molecule has 1 aromatic carbocycles. The molecule has 1 saturated heterocycles. The minimum Gasteiger partial charge on any atom is -0.493 e. The topological polar surface area (TPSA) is 70.4 Å². The highest BCUT2D eigenvalue weighted by Gasteiger charge is 2.48. The number of ether oxygens (including phenoxy) is 4. The van der Waals surface area contributed by atoms with Crippen molar-refractivity contribution >= 4 is 40.3 Å². The number of hydrogen-bond acceptors (Lipinski definition) is 8. The molecule has 0 N–H and O–H groups in total. The molecule has 2 aliphatic carbocycles. The first kappa shape index (κ1) is 23.3. The Morgan fingerprint density at radius 3 is 2.65 bits per heavy atom. The van der Waals surface area contributed by atoms with E-state index >= 15 is 0 Å². The van der Waals surface area contributed by atoms with Crippen LogP contribution in [0.25, 0.3) is 17.4 Å². The van der Waals surface area contributed by atoms with Crippen LogP contribution in [0.5, 0.6) is 17.2 Å². The number of fused-ring (bicyclic) bond motifs is 2. The number of methoxy groups -OCH3 is 3. The van der Waals surface area contributed by atoms with E-state index < -0.39 is 0 Å². The second-order valence-electron chi connectivity index (χ2n) is 8.76. The molecule has 7 nitrogen and oxygen atoms in total. The van der Waals surface area contributed by atoms with E-state index in [0.29, 0.717) is 43.9 Å². The fourth-order valence-electron chi connectivity index (χ4n) is 5.31. The van der Waals surface area contributed by atoms with Crippen molar-refractivity contribution in [2.75, 3.05) is 28.1 Å². The molecule has 0 radical (unpaired) electrons. The summed E-state index contributed by atoms with van der Waals surface area (Å²) >= 11 is 6.95. The van der Waals surface area contributed by atoms with Gasteiger partial charge in [-0.2, -0.15) is 0 Å². The standard InChI is InChI=1S/C25H27NO6S2/c1-28-13-31-21-11-16(10-20(29-2)23(21)30-3)19-7-6-17(32-19)12-22-24(27)26(25(33)34-22)18-9-14-4-5-15(18)8-14/h6-7,10-12,14-15,18H,4-5,8-9,13H2,1-3H3/b22-12-. The van der Waals surface area contributed by atoms with E-state index in [0.717, 1.165) is 17.9 Å². The summed E-state index contributed by atoms with van der Waals surface area (Å²) in [7, 11) is 4.66. The molecule has 1 amide bonds. The van der Waals surface area contributed by atoms with Gasteiger partial charge in [0.1, 0.15) is 15.8 Å². The zero-order valence-corrected chi connectivity index (χ0v) is 21.0. The highest BCUT2D eigenvalue weighted by molar-refractivity contribution is 8.26. The fraction of sp³-hybridized carbons (Fsp3) is 0.440. The minimum absolute atomic E-state index is 0.00753. The molecule has 1 aromatic heterocycles. The number of hydrogen-bond donors (Lipinski definition) is 0. The van der Waals surface area contributed by atoms with Crippen molar-refractivity contribution in [1.29, 1.82) is 0 Å². The SMILES string of the molecule is COCOc1cc(-c2ccc(/C=C3\SC(=S)N(C4CC5CCC4C5)C3=O)o2)cc(OC)c1OC. The summed E-state index contributed by atoms with van der Waals surface area (Å²) in [6, 6.07) is 7.56. The number of rotatable bonds is 8. The number of amides is 1. The van der Waals surface area contributed by atoms with Crippen LogP contribution < -0.4 is 14.2 Å². The lowest BCUT2D eigenvalue weighted by atomic mass is 9.94. The van der Waals surface area contributed by atoms with Crippen LogP contribution >= 0.6 is 24.0 Å². The molecule has 2 bridgehead atoms. The van der Waals surface area contributed by atoms with E-state index in [1.54, 1.807) is 33.5 Å². The molecule has 3 atom stereocenters. The number of thioether (sulfide) groups is 1. The molecule has 2 aromatic rings. The van der Waals surface area contributed by atoms with Crippen molar-refractivity contribution in [2.45, 2.75) is 31.7 Å². The number of thiocarbonyl (C=S) groups is 1. The molecule has 180 valence electrons. The second-order valence-corrected chi connectivity index (χ2v) is 10.4. The Morgan fingerprint density at radius 1 is 1.15 bits per heavy atom. The van der Waals surface area contributed by atoms with Gasteiger partial charge >= 0.3 is 0 Å². The van der Waals surface area contributed by atoms with E-state index in [1.165, 1.54) is 31.0 Å². The third-order valence-electron chi connectivity index (χ3n) is 6.82. The van der Waals surface area contributed by atoms with Gasteiger partial charge in [-0.15, -0.1) is 0 Å². The van der Waals surface area contributed by atoms with Crippen molar-refractivity contribution in [3.8, 4) is 28.6 Å². The number of carbonyl (C=O) groups is 1. The predicted molar refractivity (Wildman–Crippen MR) is 134 cm³/mol. The van der Waals surface area contributed by atoms with Gasteiger partial charge in [-0.1, -0.05) is 30.4 Å². The van der Waals surface area contributed by atoms with E-state index in [9.17, 15) is 4.79 Å². The molecule has 9 heteroatoms. The van der Waals surface area contributed by atoms with E-state index in [-0.39, 0.29) is 18.7 Å². The normalized spacial score (nSPS) is 25.0. The average Bonchev–Trinajstić information content (AvgIpc) is 3.63.